The van der Waals surface area contributed by atoms with Crippen molar-refractivity contribution >= 4 is 5.91 Å². The molecule has 0 aliphatic heterocycles. The van der Waals surface area contributed by atoms with Gasteiger partial charge in [0.2, 0.25) is 5.91 Å². The molecule has 1 atom stereocenters. The third kappa shape index (κ3) is 4.88. The second-order valence-corrected chi connectivity index (χ2v) is 5.74. The summed E-state index contributed by atoms with van der Waals surface area (Å²) in [5.41, 5.74) is 1.68. The van der Waals surface area contributed by atoms with Crippen molar-refractivity contribution in [1.82, 2.24) is 9.88 Å². The van der Waals surface area contributed by atoms with Gasteiger partial charge in [-0.25, -0.2) is 4.39 Å². The normalized spacial score (nSPS) is 12.0. The lowest BCUT2D eigenvalue weighted by Crippen LogP contribution is -2.33. The summed E-state index contributed by atoms with van der Waals surface area (Å²) in [5, 5.41) is 0. The molecule has 2 aromatic rings. The maximum Gasteiger partial charge on any atom is 0.230 e. The number of aromatic nitrogens is 1. The van der Waals surface area contributed by atoms with Crippen molar-refractivity contribution in [3.05, 3.63) is 65.7 Å². The van der Waals surface area contributed by atoms with Crippen molar-refractivity contribution in [2.45, 2.75) is 32.1 Å². The van der Waals surface area contributed by atoms with E-state index in [1.165, 1.54) is 12.1 Å². The summed E-state index contributed by atoms with van der Waals surface area (Å²) in [7, 11) is 1.83. The maximum absolute atomic E-state index is 13.2. The monoisotopic (exact) mass is 314 g/mol. The van der Waals surface area contributed by atoms with E-state index in [9.17, 15) is 9.18 Å². The number of carbonyl (C=O) groups excluding carboxylic acids is 1. The molecule has 0 bridgehead atoms. The van der Waals surface area contributed by atoms with E-state index in [1.807, 2.05) is 25.2 Å². The van der Waals surface area contributed by atoms with Crippen LogP contribution in [0.2, 0.25) is 0 Å². The number of hydrogen-bond acceptors (Lipinski definition) is 2. The predicted molar refractivity (Wildman–Crippen MR) is 89.6 cm³/mol. The van der Waals surface area contributed by atoms with Crippen LogP contribution in [0.4, 0.5) is 4.39 Å². The van der Waals surface area contributed by atoms with Crippen molar-refractivity contribution in [2.75, 3.05) is 13.6 Å². The number of halogens is 1. The molecule has 0 spiro atoms. The van der Waals surface area contributed by atoms with Crippen molar-refractivity contribution in [3.63, 3.8) is 0 Å². The highest BCUT2D eigenvalue weighted by molar-refractivity contribution is 5.83. The van der Waals surface area contributed by atoms with Crippen LogP contribution in [0.15, 0.2) is 48.7 Å². The Hall–Kier alpha value is -2.23. The fourth-order valence-electron chi connectivity index (χ4n) is 2.54. The van der Waals surface area contributed by atoms with Gasteiger partial charge in [0.15, 0.2) is 0 Å². The van der Waals surface area contributed by atoms with Gasteiger partial charge in [-0.2, -0.15) is 0 Å². The SMILES string of the molecule is CCCCN(C)C(=O)C(Cc1ccccn1)c1ccc(F)cc1. The topological polar surface area (TPSA) is 33.2 Å². The molecule has 3 nitrogen and oxygen atoms in total. The molecule has 1 aromatic carbocycles. The Labute approximate surface area is 137 Å². The lowest BCUT2D eigenvalue weighted by Gasteiger charge is -2.24. The largest absolute Gasteiger partial charge is 0.345 e. The average molecular weight is 314 g/mol. The number of rotatable bonds is 7. The minimum absolute atomic E-state index is 0.0516. The number of nitrogens with zero attached hydrogens (tertiary/aromatic N) is 2. The molecule has 1 heterocycles. The van der Waals surface area contributed by atoms with Gasteiger partial charge in [-0.15, -0.1) is 0 Å². The molecule has 0 aliphatic rings. The van der Waals surface area contributed by atoms with Crippen LogP contribution in [0.25, 0.3) is 0 Å². The Morgan fingerprint density at radius 1 is 1.22 bits per heavy atom. The highest BCUT2D eigenvalue weighted by Gasteiger charge is 2.24. The highest BCUT2D eigenvalue weighted by atomic mass is 19.1. The first-order valence-electron chi connectivity index (χ1n) is 8.02. The quantitative estimate of drug-likeness (QED) is 0.778. The number of amides is 1. The van der Waals surface area contributed by atoms with E-state index in [-0.39, 0.29) is 17.6 Å². The van der Waals surface area contributed by atoms with Crippen LogP contribution in [-0.4, -0.2) is 29.4 Å². The molecule has 1 amide bonds. The van der Waals surface area contributed by atoms with Gasteiger partial charge in [-0.3, -0.25) is 9.78 Å². The summed E-state index contributed by atoms with van der Waals surface area (Å²) in [4.78, 5) is 18.9. The summed E-state index contributed by atoms with van der Waals surface area (Å²) in [5.74, 6) is -0.583. The van der Waals surface area contributed by atoms with Gasteiger partial charge in [-0.05, 0) is 36.2 Å². The fourth-order valence-corrected chi connectivity index (χ4v) is 2.54. The van der Waals surface area contributed by atoms with E-state index in [0.717, 1.165) is 30.6 Å². The molecule has 2 rings (SSSR count). The van der Waals surface area contributed by atoms with Gasteiger partial charge in [0.05, 0.1) is 5.92 Å². The Morgan fingerprint density at radius 3 is 2.57 bits per heavy atom. The van der Waals surface area contributed by atoms with Gasteiger partial charge < -0.3 is 4.90 Å². The Balaban J connectivity index is 2.23. The molecule has 0 saturated carbocycles. The first kappa shape index (κ1) is 17.1. The van der Waals surface area contributed by atoms with Gasteiger partial charge in [0.25, 0.3) is 0 Å². The summed E-state index contributed by atoms with van der Waals surface area (Å²) in [6.45, 7) is 2.83. The van der Waals surface area contributed by atoms with Crippen molar-refractivity contribution < 1.29 is 9.18 Å². The number of unbranched alkanes of at least 4 members (excludes halogenated alkanes) is 1. The summed E-state index contributed by atoms with van der Waals surface area (Å²) in [6, 6.07) is 11.9. The molecule has 0 radical (unpaired) electrons. The van der Waals surface area contributed by atoms with E-state index in [2.05, 4.69) is 11.9 Å². The van der Waals surface area contributed by atoms with E-state index in [4.69, 9.17) is 0 Å². The molecule has 4 heteroatoms. The molecule has 1 aromatic heterocycles. The summed E-state index contributed by atoms with van der Waals surface area (Å²) >= 11 is 0. The summed E-state index contributed by atoms with van der Waals surface area (Å²) in [6.07, 6.45) is 4.26. The minimum Gasteiger partial charge on any atom is -0.345 e. The smallest absolute Gasteiger partial charge is 0.230 e. The third-order valence-electron chi connectivity index (χ3n) is 3.93. The number of carbonyl (C=O) groups is 1. The molecule has 122 valence electrons. The second-order valence-electron chi connectivity index (χ2n) is 5.74. The molecular weight excluding hydrogens is 291 g/mol. The number of benzene rings is 1. The van der Waals surface area contributed by atoms with Crippen molar-refractivity contribution in [2.24, 2.45) is 0 Å². The number of pyridine rings is 1. The van der Waals surface area contributed by atoms with Gasteiger partial charge in [0, 0.05) is 31.9 Å². The standard InChI is InChI=1S/C19H23FN2O/c1-3-4-13-22(2)19(23)18(14-17-7-5-6-12-21-17)15-8-10-16(20)11-9-15/h5-12,18H,3-4,13-14H2,1-2H3. The van der Waals surface area contributed by atoms with E-state index in [1.54, 1.807) is 23.2 Å². The molecule has 23 heavy (non-hydrogen) atoms. The third-order valence-corrected chi connectivity index (χ3v) is 3.93. The Kier molecular flexibility index (Phi) is 6.27. The second kappa shape index (κ2) is 8.42. The van der Waals surface area contributed by atoms with E-state index < -0.39 is 0 Å². The zero-order valence-corrected chi connectivity index (χ0v) is 13.7. The minimum atomic E-state index is -0.340. The van der Waals surface area contributed by atoms with Gasteiger partial charge >= 0.3 is 0 Å². The predicted octanol–water partition coefficient (Wildman–Crippen LogP) is 3.81. The Bertz CT molecular complexity index is 613. The summed E-state index contributed by atoms with van der Waals surface area (Å²) < 4.78 is 13.2. The first-order chi connectivity index (χ1) is 11.1. The molecule has 1 unspecified atom stereocenters. The molecule has 0 fully saturated rings. The van der Waals surface area contributed by atoms with E-state index >= 15 is 0 Å². The van der Waals surface area contributed by atoms with Crippen LogP contribution in [0.3, 0.4) is 0 Å². The van der Waals surface area contributed by atoms with Crippen LogP contribution in [0.5, 0.6) is 0 Å². The highest BCUT2D eigenvalue weighted by Crippen LogP contribution is 2.23. The van der Waals surface area contributed by atoms with Crippen LogP contribution < -0.4 is 0 Å². The van der Waals surface area contributed by atoms with Crippen molar-refractivity contribution in [3.8, 4) is 0 Å². The van der Waals surface area contributed by atoms with Crippen LogP contribution in [-0.2, 0) is 11.2 Å². The van der Waals surface area contributed by atoms with Crippen LogP contribution in [0, 0.1) is 5.82 Å². The fraction of sp³-hybridized carbons (Fsp3) is 0.368. The van der Waals surface area contributed by atoms with E-state index in [0.29, 0.717) is 6.42 Å². The zero-order chi connectivity index (χ0) is 16.7. The van der Waals surface area contributed by atoms with Crippen LogP contribution >= 0.6 is 0 Å². The van der Waals surface area contributed by atoms with Crippen LogP contribution in [0.1, 0.15) is 36.9 Å². The molecular formula is C19H23FN2O. The molecule has 0 aliphatic carbocycles. The first-order valence-corrected chi connectivity index (χ1v) is 8.02. The maximum atomic E-state index is 13.2. The number of hydrogen-bond donors (Lipinski definition) is 0. The number of likely N-dealkylation sites (N-methyl/N-ethyl adjacent to an activating group) is 1. The van der Waals surface area contributed by atoms with Gasteiger partial charge in [0.1, 0.15) is 5.82 Å². The zero-order valence-electron chi connectivity index (χ0n) is 13.7. The molecule has 0 N–H and O–H groups in total. The average Bonchev–Trinajstić information content (AvgIpc) is 2.59. The molecule has 0 saturated heterocycles. The van der Waals surface area contributed by atoms with Crippen molar-refractivity contribution in [1.29, 1.82) is 0 Å². The lowest BCUT2D eigenvalue weighted by molar-refractivity contribution is -0.131. The van der Waals surface area contributed by atoms with Gasteiger partial charge in [-0.1, -0.05) is 31.5 Å². The lowest BCUT2D eigenvalue weighted by atomic mass is 9.92. The Morgan fingerprint density at radius 2 is 1.96 bits per heavy atom.